The summed E-state index contributed by atoms with van der Waals surface area (Å²) in [4.78, 5) is 40.5. The molecule has 0 bridgehead atoms. The first-order chi connectivity index (χ1) is 16.3. The zero-order chi connectivity index (χ0) is 24.2. The zero-order valence-corrected chi connectivity index (χ0v) is 22.5. The Hall–Kier alpha value is -1.85. The summed E-state index contributed by atoms with van der Waals surface area (Å²) in [7, 11) is 0. The van der Waals surface area contributed by atoms with Gasteiger partial charge in [0.2, 0.25) is 5.91 Å². The fourth-order valence-corrected chi connectivity index (χ4v) is 5.46. The highest BCUT2D eigenvalue weighted by Crippen LogP contribution is 2.38. The maximum Gasteiger partial charge on any atom is 0.294 e. The number of morpholine rings is 1. The van der Waals surface area contributed by atoms with Crippen LogP contribution in [0.4, 0.5) is 4.79 Å². The lowest BCUT2D eigenvalue weighted by molar-refractivity contribution is -0.139. The Labute approximate surface area is 222 Å². The monoisotopic (exact) mass is 628 g/mol. The summed E-state index contributed by atoms with van der Waals surface area (Å²) in [5.74, 6) is -0.296. The zero-order valence-electron chi connectivity index (χ0n) is 17.8. The molecule has 178 valence electrons. The molecular weight excluding hydrogens is 612 g/mol. The average Bonchev–Trinajstić information content (AvgIpc) is 3.07. The van der Waals surface area contributed by atoms with Crippen LogP contribution < -0.4 is 4.74 Å². The van der Waals surface area contributed by atoms with E-state index in [4.69, 9.17) is 21.1 Å². The van der Waals surface area contributed by atoms with Crippen LogP contribution in [0.5, 0.6) is 5.75 Å². The second-order valence-corrected chi connectivity index (χ2v) is 10.7. The van der Waals surface area contributed by atoms with Crippen LogP contribution in [-0.4, -0.2) is 59.7 Å². The molecule has 3 amide bonds. The van der Waals surface area contributed by atoms with Gasteiger partial charge in [-0.25, -0.2) is 0 Å². The smallest absolute Gasteiger partial charge is 0.294 e. The van der Waals surface area contributed by atoms with Crippen LogP contribution in [0.2, 0.25) is 5.02 Å². The van der Waals surface area contributed by atoms with Gasteiger partial charge in [-0.2, -0.15) is 0 Å². The number of carbonyl (C=O) groups is 3. The molecule has 4 rings (SSSR count). The van der Waals surface area contributed by atoms with Gasteiger partial charge >= 0.3 is 0 Å². The third-order valence-electron chi connectivity index (χ3n) is 5.15. The third kappa shape index (κ3) is 6.04. The molecule has 34 heavy (non-hydrogen) atoms. The molecule has 0 atom stereocenters. The molecular formula is C23H19Br2ClN2O5S. The minimum atomic E-state index is -0.501. The van der Waals surface area contributed by atoms with Gasteiger partial charge in [-0.15, -0.1) is 0 Å². The molecule has 2 aromatic rings. The van der Waals surface area contributed by atoms with Crippen LogP contribution in [-0.2, 0) is 20.9 Å². The van der Waals surface area contributed by atoms with Crippen LogP contribution in [0.15, 0.2) is 50.2 Å². The van der Waals surface area contributed by atoms with Crippen molar-refractivity contribution in [1.82, 2.24) is 9.80 Å². The van der Waals surface area contributed by atoms with Crippen molar-refractivity contribution in [2.24, 2.45) is 0 Å². The number of thioether (sulfide) groups is 1. The van der Waals surface area contributed by atoms with Gasteiger partial charge in [0.25, 0.3) is 11.1 Å². The van der Waals surface area contributed by atoms with Gasteiger partial charge in [0, 0.05) is 17.6 Å². The van der Waals surface area contributed by atoms with E-state index in [1.807, 2.05) is 24.3 Å². The molecule has 0 saturated carbocycles. The van der Waals surface area contributed by atoms with E-state index >= 15 is 0 Å². The van der Waals surface area contributed by atoms with Gasteiger partial charge in [-0.05, 0) is 69.2 Å². The van der Waals surface area contributed by atoms with E-state index in [2.05, 4.69) is 31.9 Å². The Balaban J connectivity index is 1.44. The highest BCUT2D eigenvalue weighted by molar-refractivity contribution is 9.10. The number of carbonyl (C=O) groups excluding carboxylic acids is 3. The average molecular weight is 631 g/mol. The van der Waals surface area contributed by atoms with E-state index in [1.165, 1.54) is 0 Å². The van der Waals surface area contributed by atoms with Crippen molar-refractivity contribution in [3.63, 3.8) is 0 Å². The molecule has 2 aliphatic rings. The quantitative estimate of drug-likeness (QED) is 0.402. The predicted octanol–water partition coefficient (Wildman–Crippen LogP) is 5.34. The summed E-state index contributed by atoms with van der Waals surface area (Å²) in [6.07, 6.45) is 1.58. The lowest BCUT2D eigenvalue weighted by Gasteiger charge is -2.28. The van der Waals surface area contributed by atoms with Crippen molar-refractivity contribution in [3.8, 4) is 5.75 Å². The van der Waals surface area contributed by atoms with E-state index in [0.717, 1.165) is 26.7 Å². The van der Waals surface area contributed by atoms with E-state index in [0.29, 0.717) is 53.7 Å². The highest BCUT2D eigenvalue weighted by atomic mass is 79.9. The minimum Gasteiger partial charge on any atom is -0.486 e. The molecule has 2 saturated heterocycles. The summed E-state index contributed by atoms with van der Waals surface area (Å²) in [6.45, 7) is 1.86. The van der Waals surface area contributed by atoms with Crippen molar-refractivity contribution in [2.45, 2.75) is 6.61 Å². The standard InChI is InChI=1S/C23H19Br2ClN2O5S/c24-16-3-1-14(2-4-16)13-33-21-17(25)9-15(10-18(21)26)11-19-22(30)28(23(31)34-19)12-20(29)27-5-7-32-8-6-27/h1-4,9-11H,5-8,12-13H2/b19-11+. The van der Waals surface area contributed by atoms with Crippen LogP contribution >= 0.6 is 55.2 Å². The Morgan fingerprint density at radius 2 is 1.85 bits per heavy atom. The van der Waals surface area contributed by atoms with Crippen molar-refractivity contribution in [2.75, 3.05) is 32.8 Å². The predicted molar refractivity (Wildman–Crippen MR) is 138 cm³/mol. The number of hydrogen-bond donors (Lipinski definition) is 0. The van der Waals surface area contributed by atoms with Crippen molar-refractivity contribution >= 4 is 78.4 Å². The first kappa shape index (κ1) is 25.2. The molecule has 2 heterocycles. The number of halogens is 3. The van der Waals surface area contributed by atoms with Crippen LogP contribution in [0.1, 0.15) is 11.1 Å². The fourth-order valence-electron chi connectivity index (χ4n) is 3.37. The number of amides is 3. The molecule has 0 unspecified atom stereocenters. The molecule has 2 aliphatic heterocycles. The molecule has 7 nitrogen and oxygen atoms in total. The summed E-state index contributed by atoms with van der Waals surface area (Å²) in [5, 5.41) is -0.114. The second kappa shape index (κ2) is 11.3. The molecule has 0 N–H and O–H groups in total. The first-order valence-corrected chi connectivity index (χ1v) is 13.1. The van der Waals surface area contributed by atoms with Gasteiger partial charge < -0.3 is 14.4 Å². The number of nitrogens with zero attached hydrogens (tertiary/aromatic N) is 2. The molecule has 0 aromatic heterocycles. The fraction of sp³-hybridized carbons (Fsp3) is 0.261. The van der Waals surface area contributed by atoms with Gasteiger partial charge in [0.15, 0.2) is 5.75 Å². The maximum atomic E-state index is 12.8. The molecule has 2 aromatic carbocycles. The summed E-state index contributed by atoms with van der Waals surface area (Å²) in [5.41, 5.74) is 1.61. The molecule has 0 spiro atoms. The van der Waals surface area contributed by atoms with Gasteiger partial charge in [-0.1, -0.05) is 39.7 Å². The number of hydrogen-bond acceptors (Lipinski definition) is 6. The normalized spacial score (nSPS) is 17.6. The Bertz CT molecular complexity index is 1130. The van der Waals surface area contributed by atoms with Crippen LogP contribution in [0.3, 0.4) is 0 Å². The summed E-state index contributed by atoms with van der Waals surface area (Å²) < 4.78 is 12.7. The van der Waals surface area contributed by atoms with Crippen LogP contribution in [0.25, 0.3) is 6.08 Å². The molecule has 0 aliphatic carbocycles. The number of imide groups is 1. The van der Waals surface area contributed by atoms with Crippen molar-refractivity contribution < 1.29 is 23.9 Å². The lowest BCUT2D eigenvalue weighted by atomic mass is 10.2. The van der Waals surface area contributed by atoms with Crippen LogP contribution in [0, 0.1) is 0 Å². The largest absolute Gasteiger partial charge is 0.486 e. The first-order valence-electron chi connectivity index (χ1n) is 10.3. The van der Waals surface area contributed by atoms with E-state index in [9.17, 15) is 14.4 Å². The topological polar surface area (TPSA) is 76.2 Å². The SMILES string of the molecule is O=C(CN1C(=O)S/C(=C/c2cc(Cl)c(OCc3ccc(Br)cc3)c(Br)c2)C1=O)N1CCOCC1. The van der Waals surface area contributed by atoms with Crippen molar-refractivity contribution in [3.05, 3.63) is 66.4 Å². The van der Waals surface area contributed by atoms with Gasteiger partial charge in [0.05, 0.1) is 27.6 Å². The number of ether oxygens (including phenoxy) is 2. The number of benzene rings is 2. The maximum absolute atomic E-state index is 12.8. The summed E-state index contributed by atoms with van der Waals surface area (Å²) in [6, 6.07) is 11.2. The van der Waals surface area contributed by atoms with E-state index in [1.54, 1.807) is 23.1 Å². The Morgan fingerprint density at radius 3 is 2.53 bits per heavy atom. The summed E-state index contributed by atoms with van der Waals surface area (Å²) >= 11 is 14.1. The molecule has 0 radical (unpaired) electrons. The van der Waals surface area contributed by atoms with Gasteiger partial charge in [-0.3, -0.25) is 19.3 Å². The third-order valence-corrected chi connectivity index (χ3v) is 7.45. The number of rotatable bonds is 6. The lowest BCUT2D eigenvalue weighted by Crippen LogP contribution is -2.46. The second-order valence-electron chi connectivity index (χ2n) is 7.49. The van der Waals surface area contributed by atoms with E-state index < -0.39 is 11.1 Å². The minimum absolute atomic E-state index is 0.228. The van der Waals surface area contributed by atoms with Crippen molar-refractivity contribution in [1.29, 1.82) is 0 Å². The molecule has 11 heteroatoms. The molecule has 2 fully saturated rings. The highest BCUT2D eigenvalue weighted by Gasteiger charge is 2.37. The van der Waals surface area contributed by atoms with E-state index in [-0.39, 0.29) is 17.4 Å². The van der Waals surface area contributed by atoms with Gasteiger partial charge in [0.1, 0.15) is 13.2 Å². The Morgan fingerprint density at radius 1 is 1.15 bits per heavy atom. The Kier molecular flexibility index (Phi) is 8.36.